The number of nitrogens with one attached hydrogen (secondary N) is 3. The summed E-state index contributed by atoms with van der Waals surface area (Å²) in [5.74, 6) is 0.553. The zero-order valence-corrected chi connectivity index (χ0v) is 14.6. The third kappa shape index (κ3) is 3.23. The Morgan fingerprint density at radius 2 is 2.00 bits per heavy atom. The molecule has 134 valence electrons. The lowest BCUT2D eigenvalue weighted by molar-refractivity contribution is 0.102. The lowest BCUT2D eigenvalue weighted by atomic mass is 10.1. The van der Waals surface area contributed by atoms with Crippen molar-refractivity contribution >= 4 is 11.6 Å². The van der Waals surface area contributed by atoms with Gasteiger partial charge in [-0.3, -0.25) is 4.79 Å². The van der Waals surface area contributed by atoms with Crippen LogP contribution < -0.4 is 10.6 Å². The number of aromatic nitrogens is 5. The summed E-state index contributed by atoms with van der Waals surface area (Å²) in [6.45, 7) is 3.83. The number of benzene rings is 1. The summed E-state index contributed by atoms with van der Waals surface area (Å²) in [6.07, 6.45) is 5.48. The third-order valence-corrected chi connectivity index (χ3v) is 4.71. The molecule has 26 heavy (non-hydrogen) atoms. The summed E-state index contributed by atoms with van der Waals surface area (Å²) < 4.78 is 1.88. The Bertz CT molecular complexity index is 877. The topological polar surface area (TPSA) is 101 Å². The minimum atomic E-state index is -0.242. The van der Waals surface area contributed by atoms with Gasteiger partial charge in [0.1, 0.15) is 5.82 Å². The summed E-state index contributed by atoms with van der Waals surface area (Å²) in [6, 6.07) is 7.82. The van der Waals surface area contributed by atoms with E-state index in [0.717, 1.165) is 43.0 Å². The van der Waals surface area contributed by atoms with Crippen LogP contribution in [-0.2, 0) is 0 Å². The highest BCUT2D eigenvalue weighted by molar-refractivity contribution is 6.03. The second-order valence-electron chi connectivity index (χ2n) is 6.42. The molecule has 1 aromatic carbocycles. The Labute approximate surface area is 151 Å². The van der Waals surface area contributed by atoms with E-state index in [1.165, 1.54) is 0 Å². The van der Waals surface area contributed by atoms with Crippen molar-refractivity contribution in [2.45, 2.75) is 25.8 Å². The molecule has 0 spiro atoms. The lowest BCUT2D eigenvalue weighted by Gasteiger charge is -2.23. The van der Waals surface area contributed by atoms with E-state index in [2.05, 4.69) is 30.9 Å². The standard InChI is InChI=1S/C18H21N7O/c1-12-16(23-24-25(12)15-6-8-19-9-7-15)18(26)22-14-4-2-13(3-5-14)17-20-10-11-21-17/h2-5,10-11,15,19H,6-9H2,1H3,(H,20,21)(H,22,26). The number of carbonyl (C=O) groups is 1. The molecular formula is C18H21N7O. The van der Waals surface area contributed by atoms with Crippen molar-refractivity contribution in [2.24, 2.45) is 0 Å². The number of piperidine rings is 1. The number of aromatic amines is 1. The molecule has 4 rings (SSSR count). The molecule has 0 radical (unpaired) electrons. The van der Waals surface area contributed by atoms with E-state index in [1.807, 2.05) is 35.9 Å². The number of nitrogens with zero attached hydrogens (tertiary/aromatic N) is 4. The molecule has 0 saturated carbocycles. The molecule has 0 aliphatic carbocycles. The van der Waals surface area contributed by atoms with Gasteiger partial charge in [-0.15, -0.1) is 5.10 Å². The van der Waals surface area contributed by atoms with E-state index in [-0.39, 0.29) is 5.91 Å². The van der Waals surface area contributed by atoms with Crippen LogP contribution in [0.4, 0.5) is 5.69 Å². The SMILES string of the molecule is Cc1c(C(=O)Nc2ccc(-c3ncc[nH]3)cc2)nnn1C1CCNCC1. The van der Waals surface area contributed by atoms with Gasteiger partial charge in [-0.1, -0.05) is 5.21 Å². The molecule has 1 amide bonds. The van der Waals surface area contributed by atoms with Crippen molar-refractivity contribution in [3.05, 3.63) is 48.0 Å². The zero-order valence-electron chi connectivity index (χ0n) is 14.6. The smallest absolute Gasteiger partial charge is 0.278 e. The van der Waals surface area contributed by atoms with Crippen molar-refractivity contribution in [1.82, 2.24) is 30.3 Å². The van der Waals surface area contributed by atoms with E-state index in [9.17, 15) is 4.79 Å². The molecule has 1 saturated heterocycles. The van der Waals surface area contributed by atoms with Gasteiger partial charge in [-0.05, 0) is 57.1 Å². The van der Waals surface area contributed by atoms with E-state index in [0.29, 0.717) is 17.4 Å². The maximum Gasteiger partial charge on any atom is 0.278 e. The average Bonchev–Trinajstić information content (AvgIpc) is 3.33. The highest BCUT2D eigenvalue weighted by Crippen LogP contribution is 2.21. The van der Waals surface area contributed by atoms with Gasteiger partial charge in [0, 0.05) is 23.6 Å². The van der Waals surface area contributed by atoms with Gasteiger partial charge in [0.05, 0.1) is 11.7 Å². The van der Waals surface area contributed by atoms with E-state index in [1.54, 1.807) is 12.4 Å². The van der Waals surface area contributed by atoms with Crippen LogP contribution in [0.2, 0.25) is 0 Å². The van der Waals surface area contributed by atoms with Gasteiger partial charge in [-0.2, -0.15) is 0 Å². The fraction of sp³-hybridized carbons (Fsp3) is 0.333. The number of rotatable bonds is 4. The Morgan fingerprint density at radius 1 is 1.23 bits per heavy atom. The Kier molecular flexibility index (Phi) is 4.49. The lowest BCUT2D eigenvalue weighted by Crippen LogP contribution is -2.30. The zero-order chi connectivity index (χ0) is 17.9. The predicted octanol–water partition coefficient (Wildman–Crippen LogP) is 2.15. The van der Waals surface area contributed by atoms with Gasteiger partial charge in [0.25, 0.3) is 5.91 Å². The third-order valence-electron chi connectivity index (χ3n) is 4.71. The van der Waals surface area contributed by atoms with E-state index < -0.39 is 0 Å². The molecule has 2 aromatic heterocycles. The molecule has 0 atom stereocenters. The molecule has 3 aromatic rings. The number of carbonyl (C=O) groups excluding carboxylic acids is 1. The number of anilines is 1. The number of imidazole rings is 1. The first kappa shape index (κ1) is 16.5. The van der Waals surface area contributed by atoms with Crippen LogP contribution >= 0.6 is 0 Å². The molecule has 3 heterocycles. The molecule has 0 bridgehead atoms. The number of hydrogen-bond acceptors (Lipinski definition) is 5. The van der Waals surface area contributed by atoms with Crippen molar-refractivity contribution in [3.8, 4) is 11.4 Å². The van der Waals surface area contributed by atoms with Crippen LogP contribution in [0, 0.1) is 6.92 Å². The quantitative estimate of drug-likeness (QED) is 0.669. The van der Waals surface area contributed by atoms with Crippen LogP contribution in [-0.4, -0.2) is 44.0 Å². The van der Waals surface area contributed by atoms with Gasteiger partial charge in [0.2, 0.25) is 0 Å². The minimum Gasteiger partial charge on any atom is -0.345 e. The van der Waals surface area contributed by atoms with Gasteiger partial charge in [-0.25, -0.2) is 9.67 Å². The number of amides is 1. The van der Waals surface area contributed by atoms with Crippen LogP contribution in [0.25, 0.3) is 11.4 Å². The van der Waals surface area contributed by atoms with Crippen LogP contribution in [0.3, 0.4) is 0 Å². The average molecular weight is 351 g/mol. The summed E-state index contributed by atoms with van der Waals surface area (Å²) >= 11 is 0. The molecule has 8 nitrogen and oxygen atoms in total. The summed E-state index contributed by atoms with van der Waals surface area (Å²) in [5.41, 5.74) is 2.85. The molecule has 8 heteroatoms. The van der Waals surface area contributed by atoms with Crippen molar-refractivity contribution in [3.63, 3.8) is 0 Å². The monoisotopic (exact) mass is 351 g/mol. The normalized spacial score (nSPS) is 15.1. The Morgan fingerprint density at radius 3 is 2.69 bits per heavy atom. The summed E-state index contributed by atoms with van der Waals surface area (Å²) in [5, 5.41) is 14.5. The Balaban J connectivity index is 1.47. The van der Waals surface area contributed by atoms with E-state index >= 15 is 0 Å². The maximum absolute atomic E-state index is 12.6. The number of H-pyrrole nitrogens is 1. The van der Waals surface area contributed by atoms with Gasteiger partial charge >= 0.3 is 0 Å². The first-order valence-electron chi connectivity index (χ1n) is 8.76. The van der Waals surface area contributed by atoms with Crippen LogP contribution in [0.1, 0.15) is 35.1 Å². The number of hydrogen-bond donors (Lipinski definition) is 3. The highest BCUT2D eigenvalue weighted by Gasteiger charge is 2.22. The largest absolute Gasteiger partial charge is 0.345 e. The first-order valence-corrected chi connectivity index (χ1v) is 8.76. The van der Waals surface area contributed by atoms with Crippen LogP contribution in [0.15, 0.2) is 36.7 Å². The first-order chi connectivity index (χ1) is 12.7. The van der Waals surface area contributed by atoms with Crippen LogP contribution in [0.5, 0.6) is 0 Å². The summed E-state index contributed by atoms with van der Waals surface area (Å²) in [4.78, 5) is 19.9. The molecule has 3 N–H and O–H groups in total. The second kappa shape index (κ2) is 7.09. The maximum atomic E-state index is 12.6. The van der Waals surface area contributed by atoms with Gasteiger partial charge in [0.15, 0.2) is 5.69 Å². The fourth-order valence-electron chi connectivity index (χ4n) is 3.27. The molecule has 0 unspecified atom stereocenters. The highest BCUT2D eigenvalue weighted by atomic mass is 16.2. The molecule has 1 aliphatic rings. The van der Waals surface area contributed by atoms with Crippen molar-refractivity contribution in [1.29, 1.82) is 0 Å². The predicted molar refractivity (Wildman–Crippen MR) is 97.9 cm³/mol. The molecular weight excluding hydrogens is 330 g/mol. The fourth-order valence-corrected chi connectivity index (χ4v) is 3.27. The van der Waals surface area contributed by atoms with Crippen molar-refractivity contribution in [2.75, 3.05) is 18.4 Å². The van der Waals surface area contributed by atoms with E-state index in [4.69, 9.17) is 0 Å². The molecule has 1 fully saturated rings. The Hall–Kier alpha value is -3.00. The summed E-state index contributed by atoms with van der Waals surface area (Å²) in [7, 11) is 0. The molecule has 1 aliphatic heterocycles. The van der Waals surface area contributed by atoms with Gasteiger partial charge < -0.3 is 15.6 Å². The second-order valence-corrected chi connectivity index (χ2v) is 6.42. The minimum absolute atomic E-state index is 0.242. The van der Waals surface area contributed by atoms with Crippen molar-refractivity contribution < 1.29 is 4.79 Å².